The molecule has 0 N–H and O–H groups in total. The summed E-state index contributed by atoms with van der Waals surface area (Å²) in [5.74, 6) is -0.906. The van der Waals surface area contributed by atoms with Gasteiger partial charge in [0.25, 0.3) is 0 Å². The van der Waals surface area contributed by atoms with Gasteiger partial charge in [0.1, 0.15) is 0 Å². The maximum absolute atomic E-state index is 11.2. The van der Waals surface area contributed by atoms with Crippen molar-refractivity contribution in [3.63, 3.8) is 0 Å². The number of ether oxygens (including phenoxy) is 2. The third-order valence-electron chi connectivity index (χ3n) is 3.03. The van der Waals surface area contributed by atoms with Crippen molar-refractivity contribution in [2.24, 2.45) is 11.8 Å². The van der Waals surface area contributed by atoms with Crippen LogP contribution in [0.25, 0.3) is 0 Å². The Kier molecular flexibility index (Phi) is 10.7. The molecule has 0 aromatic heterocycles. The first-order valence-electron chi connectivity index (χ1n) is 7.53. The fourth-order valence-electron chi connectivity index (χ4n) is 1.68. The summed E-state index contributed by atoms with van der Waals surface area (Å²) in [5, 5.41) is 0. The van der Waals surface area contributed by atoms with Gasteiger partial charge in [0.05, 0.1) is 13.2 Å². The lowest BCUT2D eigenvalue weighted by Gasteiger charge is -2.09. The van der Waals surface area contributed by atoms with E-state index in [-0.39, 0.29) is 13.2 Å². The quantitative estimate of drug-likeness (QED) is 0.369. The number of hydrogen-bond donors (Lipinski definition) is 0. The van der Waals surface area contributed by atoms with E-state index in [9.17, 15) is 9.59 Å². The highest BCUT2D eigenvalue weighted by Gasteiger charge is 2.16. The van der Waals surface area contributed by atoms with E-state index in [4.69, 9.17) is 4.74 Å². The Balaban J connectivity index is 3.82. The van der Waals surface area contributed by atoms with Crippen LogP contribution < -0.4 is 0 Å². The molecule has 20 heavy (non-hydrogen) atoms. The molecule has 0 saturated carbocycles. The average Bonchev–Trinajstić information content (AvgIpc) is 2.42. The fraction of sp³-hybridized carbons (Fsp3) is 0.750. The van der Waals surface area contributed by atoms with Crippen LogP contribution in [0, 0.1) is 11.8 Å². The molecule has 0 rings (SSSR count). The molecule has 0 fully saturated rings. The van der Waals surface area contributed by atoms with Crippen molar-refractivity contribution in [2.75, 3.05) is 13.2 Å². The van der Waals surface area contributed by atoms with Crippen LogP contribution in [0.3, 0.4) is 0 Å². The van der Waals surface area contributed by atoms with Gasteiger partial charge in [0.2, 0.25) is 0 Å². The minimum absolute atomic E-state index is 0.183. The molecule has 0 aliphatic rings. The number of allylic oxidation sites excluding steroid dienone is 2. The largest absolute Gasteiger partial charge is 0.458 e. The predicted octanol–water partition coefficient (Wildman–Crippen LogP) is 3.50. The molecular formula is C16H28O4. The second kappa shape index (κ2) is 11.5. The summed E-state index contributed by atoms with van der Waals surface area (Å²) in [5.41, 5.74) is 0. The first kappa shape index (κ1) is 18.7. The van der Waals surface area contributed by atoms with Crippen molar-refractivity contribution >= 4 is 11.9 Å². The van der Waals surface area contributed by atoms with Gasteiger partial charge in [-0.05, 0) is 31.6 Å². The molecule has 0 spiro atoms. The Morgan fingerprint density at radius 1 is 0.950 bits per heavy atom. The summed E-state index contributed by atoms with van der Waals surface area (Å²) in [7, 11) is 0. The van der Waals surface area contributed by atoms with Crippen LogP contribution in [0.1, 0.15) is 53.4 Å². The summed E-state index contributed by atoms with van der Waals surface area (Å²) >= 11 is 0. The van der Waals surface area contributed by atoms with Gasteiger partial charge in [0.15, 0.2) is 0 Å². The lowest BCUT2D eigenvalue weighted by molar-refractivity contribution is -0.167. The number of esters is 2. The molecule has 0 aromatic rings. The summed E-state index contributed by atoms with van der Waals surface area (Å²) in [4.78, 5) is 22.2. The van der Waals surface area contributed by atoms with Crippen molar-refractivity contribution in [3.05, 3.63) is 12.2 Å². The maximum atomic E-state index is 11.2. The van der Waals surface area contributed by atoms with Crippen molar-refractivity contribution in [1.82, 2.24) is 0 Å². The van der Waals surface area contributed by atoms with Crippen LogP contribution in [-0.2, 0) is 19.1 Å². The Bertz CT molecular complexity index is 310. The molecule has 4 heteroatoms. The van der Waals surface area contributed by atoms with Crippen molar-refractivity contribution < 1.29 is 19.1 Å². The van der Waals surface area contributed by atoms with Crippen molar-refractivity contribution in [2.45, 2.75) is 53.4 Å². The van der Waals surface area contributed by atoms with Crippen molar-refractivity contribution in [3.8, 4) is 0 Å². The Labute approximate surface area is 122 Å². The molecule has 2 unspecified atom stereocenters. The maximum Gasteiger partial charge on any atom is 0.417 e. The zero-order valence-electron chi connectivity index (χ0n) is 13.2. The lowest BCUT2D eigenvalue weighted by Crippen LogP contribution is -2.21. The molecular weight excluding hydrogens is 256 g/mol. The van der Waals surface area contributed by atoms with E-state index in [0.717, 1.165) is 0 Å². The molecule has 116 valence electrons. The highest BCUT2D eigenvalue weighted by molar-refractivity contribution is 6.29. The van der Waals surface area contributed by atoms with Crippen LogP contribution >= 0.6 is 0 Å². The van der Waals surface area contributed by atoms with Gasteiger partial charge >= 0.3 is 11.9 Å². The Morgan fingerprint density at radius 2 is 1.50 bits per heavy atom. The molecule has 0 radical (unpaired) electrons. The van der Waals surface area contributed by atoms with Gasteiger partial charge in [-0.3, -0.25) is 0 Å². The zero-order valence-corrected chi connectivity index (χ0v) is 13.2. The highest BCUT2D eigenvalue weighted by Crippen LogP contribution is 2.12. The standard InChI is InChI=1S/C16H28O4/c1-5-7-8-13(3)9-10-14(4)11-12-20-16(18)15(17)19-6-2/h9-10,13-14H,5-8,11-12H2,1-4H3. The van der Waals surface area contributed by atoms with E-state index in [1.165, 1.54) is 19.3 Å². The Morgan fingerprint density at radius 3 is 2.05 bits per heavy atom. The van der Waals surface area contributed by atoms with Gasteiger partial charge in [-0.15, -0.1) is 0 Å². The third kappa shape index (κ3) is 9.59. The second-order valence-corrected chi connectivity index (χ2v) is 5.13. The van der Waals surface area contributed by atoms with Crippen LogP contribution in [-0.4, -0.2) is 25.2 Å². The highest BCUT2D eigenvalue weighted by atomic mass is 16.6. The van der Waals surface area contributed by atoms with E-state index in [1.807, 2.05) is 0 Å². The SMILES string of the molecule is CCCCC(C)C=CC(C)CCOC(=O)C(=O)OCC. The number of unbranched alkanes of at least 4 members (excludes halogenated alkanes) is 1. The minimum Gasteiger partial charge on any atom is -0.458 e. The summed E-state index contributed by atoms with van der Waals surface area (Å²) in [6.07, 6.45) is 8.75. The molecule has 0 saturated heterocycles. The zero-order chi connectivity index (χ0) is 15.4. The summed E-state index contributed by atoms with van der Waals surface area (Å²) < 4.78 is 9.40. The van der Waals surface area contributed by atoms with Gasteiger partial charge in [0, 0.05) is 0 Å². The monoisotopic (exact) mass is 284 g/mol. The molecule has 0 aliphatic carbocycles. The molecule has 0 heterocycles. The smallest absolute Gasteiger partial charge is 0.417 e. The molecule has 0 bridgehead atoms. The number of hydrogen-bond acceptors (Lipinski definition) is 4. The molecule has 4 nitrogen and oxygen atoms in total. The predicted molar refractivity (Wildman–Crippen MR) is 79.2 cm³/mol. The summed E-state index contributed by atoms with van der Waals surface area (Å²) in [6.45, 7) is 8.55. The van der Waals surface area contributed by atoms with Gasteiger partial charge in [-0.25, -0.2) is 9.59 Å². The van der Waals surface area contributed by atoms with Gasteiger partial charge in [-0.1, -0.05) is 45.8 Å². The normalized spacial score (nSPS) is 14.0. The van der Waals surface area contributed by atoms with E-state index in [2.05, 4.69) is 37.7 Å². The second-order valence-electron chi connectivity index (χ2n) is 5.13. The Hall–Kier alpha value is -1.32. The van der Waals surface area contributed by atoms with Gasteiger partial charge < -0.3 is 9.47 Å². The van der Waals surface area contributed by atoms with Crippen LogP contribution in [0.2, 0.25) is 0 Å². The van der Waals surface area contributed by atoms with E-state index < -0.39 is 11.9 Å². The van der Waals surface area contributed by atoms with E-state index in [1.54, 1.807) is 6.92 Å². The van der Waals surface area contributed by atoms with Crippen LogP contribution in [0.5, 0.6) is 0 Å². The number of carbonyl (C=O) groups is 2. The van der Waals surface area contributed by atoms with Gasteiger partial charge in [-0.2, -0.15) is 0 Å². The first-order chi connectivity index (χ1) is 9.51. The van der Waals surface area contributed by atoms with Crippen molar-refractivity contribution in [1.29, 1.82) is 0 Å². The fourth-order valence-corrected chi connectivity index (χ4v) is 1.68. The third-order valence-corrected chi connectivity index (χ3v) is 3.03. The van der Waals surface area contributed by atoms with Crippen LogP contribution in [0.4, 0.5) is 0 Å². The topological polar surface area (TPSA) is 52.6 Å². The minimum atomic E-state index is -0.913. The molecule has 0 aromatic carbocycles. The number of carbonyl (C=O) groups excluding carboxylic acids is 2. The van der Waals surface area contributed by atoms with Crippen LogP contribution in [0.15, 0.2) is 12.2 Å². The average molecular weight is 284 g/mol. The number of rotatable bonds is 9. The lowest BCUT2D eigenvalue weighted by atomic mass is 10.0. The van der Waals surface area contributed by atoms with E-state index in [0.29, 0.717) is 18.3 Å². The molecule has 0 aliphatic heterocycles. The first-order valence-corrected chi connectivity index (χ1v) is 7.53. The molecule has 2 atom stereocenters. The van der Waals surface area contributed by atoms with E-state index >= 15 is 0 Å². The summed E-state index contributed by atoms with van der Waals surface area (Å²) in [6, 6.07) is 0. The molecule has 0 amide bonds.